The van der Waals surface area contributed by atoms with Gasteiger partial charge in [0.25, 0.3) is 5.91 Å². The first kappa shape index (κ1) is 18.9. The first-order chi connectivity index (χ1) is 13.0. The molecule has 1 N–H and O–H groups in total. The Hall–Kier alpha value is -2.87. The molecule has 1 amide bonds. The van der Waals surface area contributed by atoms with Crippen LogP contribution < -0.4 is 14.8 Å². The minimum Gasteiger partial charge on any atom is -0.497 e. The predicted octanol–water partition coefficient (Wildman–Crippen LogP) is 3.59. The smallest absolute Gasteiger partial charge is 0.261 e. The molecule has 8 heteroatoms. The first-order valence-corrected chi connectivity index (χ1v) is 9.01. The second kappa shape index (κ2) is 8.68. The molecule has 0 aliphatic rings. The maximum atomic E-state index is 12.2. The van der Waals surface area contributed by atoms with E-state index in [0.717, 1.165) is 15.8 Å². The summed E-state index contributed by atoms with van der Waals surface area (Å²) in [6, 6.07) is 14.6. The lowest BCUT2D eigenvalue weighted by molar-refractivity contribution is -0.127. The monoisotopic (exact) mass is 431 g/mol. The number of methoxy groups -OCH3 is 1. The summed E-state index contributed by atoms with van der Waals surface area (Å²) in [6.07, 6.45) is -0.675. The normalized spacial score (nSPS) is 11.7. The van der Waals surface area contributed by atoms with E-state index >= 15 is 0 Å². The van der Waals surface area contributed by atoms with Crippen molar-refractivity contribution in [3.63, 3.8) is 0 Å². The zero-order chi connectivity index (χ0) is 19.2. The zero-order valence-electron chi connectivity index (χ0n) is 14.8. The van der Waals surface area contributed by atoms with E-state index in [9.17, 15) is 4.79 Å². The summed E-state index contributed by atoms with van der Waals surface area (Å²) in [6.45, 7) is 1.79. The van der Waals surface area contributed by atoms with Gasteiger partial charge in [0.15, 0.2) is 6.10 Å². The van der Waals surface area contributed by atoms with Crippen LogP contribution in [0.3, 0.4) is 0 Å². The Balaban J connectivity index is 1.54. The van der Waals surface area contributed by atoms with Gasteiger partial charge in [-0.1, -0.05) is 33.2 Å². The van der Waals surface area contributed by atoms with Crippen molar-refractivity contribution in [3.8, 4) is 22.9 Å². The molecule has 3 rings (SSSR count). The van der Waals surface area contributed by atoms with E-state index in [1.54, 1.807) is 38.3 Å². The molecule has 0 spiro atoms. The van der Waals surface area contributed by atoms with Crippen molar-refractivity contribution in [1.82, 2.24) is 15.5 Å². The van der Waals surface area contributed by atoms with Gasteiger partial charge in [0.05, 0.1) is 13.7 Å². The highest BCUT2D eigenvalue weighted by Gasteiger charge is 2.16. The summed E-state index contributed by atoms with van der Waals surface area (Å²) in [4.78, 5) is 16.5. The summed E-state index contributed by atoms with van der Waals surface area (Å²) in [5.74, 6) is 1.79. The standard InChI is InChI=1S/C19H18BrN3O4/c1-12(26-16-8-6-15(25-2)7-9-16)19(24)21-11-17-22-18(23-27-17)13-4-3-5-14(20)10-13/h3-10,12H,11H2,1-2H3,(H,21,24)/t12-/m1/s1. The quantitative estimate of drug-likeness (QED) is 0.614. The SMILES string of the molecule is COc1ccc(O[C@H](C)C(=O)NCc2nc(-c3cccc(Br)c3)no2)cc1. The molecule has 0 aliphatic carbocycles. The average Bonchev–Trinajstić information content (AvgIpc) is 3.16. The van der Waals surface area contributed by atoms with E-state index in [0.29, 0.717) is 17.5 Å². The van der Waals surface area contributed by atoms with Crippen molar-refractivity contribution in [2.45, 2.75) is 19.6 Å². The van der Waals surface area contributed by atoms with Gasteiger partial charge < -0.3 is 19.3 Å². The lowest BCUT2D eigenvalue weighted by atomic mass is 10.2. The third-order valence-electron chi connectivity index (χ3n) is 3.71. The van der Waals surface area contributed by atoms with Crippen LogP contribution in [0.2, 0.25) is 0 Å². The van der Waals surface area contributed by atoms with Crippen LogP contribution in [0.5, 0.6) is 11.5 Å². The van der Waals surface area contributed by atoms with Gasteiger partial charge in [-0.05, 0) is 43.3 Å². The van der Waals surface area contributed by atoms with E-state index in [1.807, 2.05) is 24.3 Å². The van der Waals surface area contributed by atoms with Crippen molar-refractivity contribution in [2.24, 2.45) is 0 Å². The Kier molecular flexibility index (Phi) is 6.08. The number of halogens is 1. The van der Waals surface area contributed by atoms with Crippen LogP contribution >= 0.6 is 15.9 Å². The molecule has 1 heterocycles. The van der Waals surface area contributed by atoms with Gasteiger partial charge in [0.1, 0.15) is 11.5 Å². The van der Waals surface area contributed by atoms with Crippen LogP contribution in [0.1, 0.15) is 12.8 Å². The van der Waals surface area contributed by atoms with Gasteiger partial charge in [-0.3, -0.25) is 4.79 Å². The highest BCUT2D eigenvalue weighted by Crippen LogP contribution is 2.20. The maximum Gasteiger partial charge on any atom is 0.261 e. The number of benzene rings is 2. The molecule has 140 valence electrons. The van der Waals surface area contributed by atoms with Gasteiger partial charge >= 0.3 is 0 Å². The lowest BCUT2D eigenvalue weighted by Crippen LogP contribution is -2.35. The Morgan fingerprint density at radius 1 is 1.22 bits per heavy atom. The van der Waals surface area contributed by atoms with Crippen LogP contribution in [0, 0.1) is 0 Å². The highest BCUT2D eigenvalue weighted by molar-refractivity contribution is 9.10. The maximum absolute atomic E-state index is 12.2. The molecular formula is C19H18BrN3O4. The molecule has 0 fully saturated rings. The van der Waals surface area contributed by atoms with Gasteiger partial charge in [-0.2, -0.15) is 4.98 Å². The predicted molar refractivity (Wildman–Crippen MR) is 102 cm³/mol. The van der Waals surface area contributed by atoms with Crippen molar-refractivity contribution in [1.29, 1.82) is 0 Å². The average molecular weight is 432 g/mol. The van der Waals surface area contributed by atoms with Gasteiger partial charge in [-0.25, -0.2) is 0 Å². The third kappa shape index (κ3) is 5.07. The van der Waals surface area contributed by atoms with Crippen LogP contribution in [0.4, 0.5) is 0 Å². The lowest BCUT2D eigenvalue weighted by Gasteiger charge is -2.14. The Morgan fingerprint density at radius 3 is 2.67 bits per heavy atom. The van der Waals surface area contributed by atoms with Crippen molar-refractivity contribution in [3.05, 3.63) is 58.9 Å². The van der Waals surface area contributed by atoms with Crippen molar-refractivity contribution >= 4 is 21.8 Å². The minimum absolute atomic E-state index is 0.121. The summed E-state index contributed by atoms with van der Waals surface area (Å²) in [7, 11) is 1.59. The fourth-order valence-electron chi connectivity index (χ4n) is 2.29. The molecule has 3 aromatic rings. The zero-order valence-corrected chi connectivity index (χ0v) is 16.4. The highest BCUT2D eigenvalue weighted by atomic mass is 79.9. The van der Waals surface area contributed by atoms with E-state index in [2.05, 4.69) is 31.4 Å². The molecule has 27 heavy (non-hydrogen) atoms. The second-order valence-corrected chi connectivity index (χ2v) is 6.59. The number of hydrogen-bond donors (Lipinski definition) is 1. The van der Waals surface area contributed by atoms with E-state index in [4.69, 9.17) is 14.0 Å². The Bertz CT molecular complexity index is 911. The molecule has 7 nitrogen and oxygen atoms in total. The number of carbonyl (C=O) groups is 1. The number of rotatable bonds is 7. The Morgan fingerprint density at radius 2 is 1.96 bits per heavy atom. The summed E-state index contributed by atoms with van der Waals surface area (Å²) < 4.78 is 16.8. The van der Waals surface area contributed by atoms with Crippen LogP contribution in [0.15, 0.2) is 57.5 Å². The molecule has 1 atom stereocenters. The molecule has 0 saturated carbocycles. The van der Waals surface area contributed by atoms with Crippen LogP contribution in [-0.2, 0) is 11.3 Å². The second-order valence-electron chi connectivity index (χ2n) is 5.68. The topological polar surface area (TPSA) is 86.5 Å². The molecule has 1 aromatic heterocycles. The molecule has 2 aromatic carbocycles. The van der Waals surface area contributed by atoms with E-state index < -0.39 is 6.10 Å². The number of ether oxygens (including phenoxy) is 2. The van der Waals surface area contributed by atoms with Crippen LogP contribution in [-0.4, -0.2) is 29.3 Å². The molecule has 0 bridgehead atoms. The number of aromatic nitrogens is 2. The van der Waals surface area contributed by atoms with Gasteiger partial charge in [0.2, 0.25) is 11.7 Å². The molecule has 0 aliphatic heterocycles. The molecule has 0 saturated heterocycles. The number of amides is 1. The number of hydrogen-bond acceptors (Lipinski definition) is 6. The molecule has 0 unspecified atom stereocenters. The summed E-state index contributed by atoms with van der Waals surface area (Å²) >= 11 is 3.40. The summed E-state index contributed by atoms with van der Waals surface area (Å²) in [5, 5.41) is 6.66. The van der Waals surface area contributed by atoms with Crippen LogP contribution in [0.25, 0.3) is 11.4 Å². The fourth-order valence-corrected chi connectivity index (χ4v) is 2.69. The first-order valence-electron chi connectivity index (χ1n) is 8.22. The molecular weight excluding hydrogens is 414 g/mol. The number of nitrogens with one attached hydrogen (secondary N) is 1. The van der Waals surface area contributed by atoms with Crippen molar-refractivity contribution < 1.29 is 18.8 Å². The fraction of sp³-hybridized carbons (Fsp3) is 0.211. The Labute approximate surface area is 164 Å². The van der Waals surface area contributed by atoms with Gasteiger partial charge in [0, 0.05) is 10.0 Å². The summed E-state index contributed by atoms with van der Waals surface area (Å²) in [5.41, 5.74) is 0.821. The van der Waals surface area contributed by atoms with Gasteiger partial charge in [-0.15, -0.1) is 0 Å². The third-order valence-corrected chi connectivity index (χ3v) is 4.20. The number of carbonyl (C=O) groups excluding carboxylic acids is 1. The van der Waals surface area contributed by atoms with E-state index in [1.165, 1.54) is 0 Å². The van der Waals surface area contributed by atoms with E-state index in [-0.39, 0.29) is 12.5 Å². The number of nitrogens with zero attached hydrogens (tertiary/aromatic N) is 2. The molecule has 0 radical (unpaired) electrons. The van der Waals surface area contributed by atoms with Crippen molar-refractivity contribution in [2.75, 3.05) is 7.11 Å². The minimum atomic E-state index is -0.675. The largest absolute Gasteiger partial charge is 0.497 e.